The van der Waals surface area contributed by atoms with Crippen LogP contribution >= 0.6 is 15.9 Å². The standard InChI is InChI=1S/C18H17BrN2O/c19-14-3-4-15-16(10-14)22-11-13-2-1-7-21-18(13)17(15)12-5-8-20-9-6-12/h1-4,7,10,20H,5-6,8-9,11H2. The first kappa shape index (κ1) is 14.0. The number of fused-ring (bicyclic) bond motifs is 2. The number of ether oxygens (including phenoxy) is 1. The van der Waals surface area contributed by atoms with Crippen molar-refractivity contribution in [2.45, 2.75) is 19.4 Å². The number of nitrogens with zero attached hydrogens (tertiary/aromatic N) is 1. The van der Waals surface area contributed by atoms with Gasteiger partial charge in [0.1, 0.15) is 12.4 Å². The molecule has 4 heteroatoms. The minimum Gasteiger partial charge on any atom is -0.488 e. The number of pyridine rings is 1. The fourth-order valence-electron chi connectivity index (χ4n) is 3.22. The van der Waals surface area contributed by atoms with Crippen molar-refractivity contribution >= 4 is 21.5 Å². The van der Waals surface area contributed by atoms with Crippen LogP contribution in [0, 0.1) is 0 Å². The number of halogens is 1. The summed E-state index contributed by atoms with van der Waals surface area (Å²) in [5.41, 5.74) is 6.17. The van der Waals surface area contributed by atoms with E-state index in [0.717, 1.165) is 53.0 Å². The number of benzene rings is 1. The molecule has 3 nitrogen and oxygen atoms in total. The maximum Gasteiger partial charge on any atom is 0.128 e. The van der Waals surface area contributed by atoms with Crippen LogP contribution in [-0.4, -0.2) is 18.1 Å². The highest BCUT2D eigenvalue weighted by atomic mass is 79.9. The normalized spacial score (nSPS) is 17.3. The summed E-state index contributed by atoms with van der Waals surface area (Å²) in [6.45, 7) is 2.64. The molecule has 4 rings (SSSR count). The molecule has 2 aromatic rings. The smallest absolute Gasteiger partial charge is 0.128 e. The molecule has 1 aromatic heterocycles. The van der Waals surface area contributed by atoms with Crippen LogP contribution in [-0.2, 0) is 6.61 Å². The Kier molecular flexibility index (Phi) is 3.72. The summed E-state index contributed by atoms with van der Waals surface area (Å²) in [5, 5.41) is 3.43. The van der Waals surface area contributed by atoms with E-state index in [-0.39, 0.29) is 0 Å². The molecule has 0 bridgehead atoms. The fraction of sp³-hybridized carbons (Fsp3) is 0.278. The predicted octanol–water partition coefficient (Wildman–Crippen LogP) is 3.92. The summed E-state index contributed by atoms with van der Waals surface area (Å²) >= 11 is 3.55. The third-order valence-electron chi connectivity index (χ3n) is 4.28. The summed E-state index contributed by atoms with van der Waals surface area (Å²) in [4.78, 5) is 4.69. The van der Waals surface area contributed by atoms with Crippen molar-refractivity contribution < 1.29 is 4.74 Å². The molecular weight excluding hydrogens is 340 g/mol. The van der Waals surface area contributed by atoms with Crippen molar-refractivity contribution in [1.82, 2.24) is 10.3 Å². The monoisotopic (exact) mass is 356 g/mol. The zero-order chi connectivity index (χ0) is 14.9. The van der Waals surface area contributed by atoms with Gasteiger partial charge in [0.05, 0.1) is 5.69 Å². The van der Waals surface area contributed by atoms with Gasteiger partial charge < -0.3 is 10.1 Å². The summed E-state index contributed by atoms with van der Waals surface area (Å²) in [7, 11) is 0. The molecule has 0 amide bonds. The van der Waals surface area contributed by atoms with Gasteiger partial charge in [-0.1, -0.05) is 27.6 Å². The summed E-state index contributed by atoms with van der Waals surface area (Å²) in [5.74, 6) is 0.938. The SMILES string of the molecule is Brc1ccc2c(c1)OCc1cccnc1C2=C1CCNCC1. The van der Waals surface area contributed by atoms with Gasteiger partial charge in [0.2, 0.25) is 0 Å². The van der Waals surface area contributed by atoms with Crippen molar-refractivity contribution in [2.75, 3.05) is 13.1 Å². The highest BCUT2D eigenvalue weighted by Gasteiger charge is 2.24. The topological polar surface area (TPSA) is 34.1 Å². The largest absolute Gasteiger partial charge is 0.488 e. The van der Waals surface area contributed by atoms with Crippen LogP contribution in [0.5, 0.6) is 5.75 Å². The zero-order valence-corrected chi connectivity index (χ0v) is 13.8. The summed E-state index contributed by atoms with van der Waals surface area (Å²) in [6, 6.07) is 10.4. The van der Waals surface area contributed by atoms with E-state index in [2.05, 4.69) is 50.5 Å². The molecule has 0 saturated carbocycles. The van der Waals surface area contributed by atoms with Crippen LogP contribution in [0.25, 0.3) is 5.57 Å². The van der Waals surface area contributed by atoms with E-state index in [9.17, 15) is 0 Å². The third kappa shape index (κ3) is 2.46. The molecular formula is C18H17BrN2O. The molecule has 0 radical (unpaired) electrons. The van der Waals surface area contributed by atoms with Crippen molar-refractivity contribution in [3.8, 4) is 5.75 Å². The first-order chi connectivity index (χ1) is 10.8. The van der Waals surface area contributed by atoms with Crippen LogP contribution in [0.4, 0.5) is 0 Å². The summed E-state index contributed by atoms with van der Waals surface area (Å²) in [6.07, 6.45) is 4.02. The quantitative estimate of drug-likeness (QED) is 0.776. The van der Waals surface area contributed by atoms with Crippen LogP contribution < -0.4 is 10.1 Å². The number of hydrogen-bond donors (Lipinski definition) is 1. The van der Waals surface area contributed by atoms with E-state index in [1.807, 2.05) is 12.3 Å². The maximum atomic E-state index is 6.06. The van der Waals surface area contributed by atoms with Gasteiger partial charge in [-0.05, 0) is 50.2 Å². The van der Waals surface area contributed by atoms with Gasteiger partial charge in [0, 0.05) is 27.4 Å². The maximum absolute atomic E-state index is 6.06. The van der Waals surface area contributed by atoms with E-state index in [0.29, 0.717) is 6.61 Å². The van der Waals surface area contributed by atoms with Gasteiger partial charge in [-0.2, -0.15) is 0 Å². The van der Waals surface area contributed by atoms with Gasteiger partial charge in [0.15, 0.2) is 0 Å². The van der Waals surface area contributed by atoms with Crippen molar-refractivity contribution in [3.63, 3.8) is 0 Å². The van der Waals surface area contributed by atoms with E-state index < -0.39 is 0 Å². The molecule has 0 aliphatic carbocycles. The van der Waals surface area contributed by atoms with Crippen LogP contribution in [0.15, 0.2) is 46.6 Å². The van der Waals surface area contributed by atoms with Crippen LogP contribution in [0.3, 0.4) is 0 Å². The lowest BCUT2D eigenvalue weighted by atomic mass is 9.90. The molecule has 0 spiro atoms. The Morgan fingerprint density at radius 3 is 2.86 bits per heavy atom. The molecule has 1 saturated heterocycles. The minimum absolute atomic E-state index is 0.571. The molecule has 3 heterocycles. The molecule has 1 fully saturated rings. The molecule has 1 aromatic carbocycles. The second-order valence-corrected chi connectivity index (χ2v) is 6.58. The van der Waals surface area contributed by atoms with Gasteiger partial charge in [0.25, 0.3) is 0 Å². The Bertz CT molecular complexity index is 747. The van der Waals surface area contributed by atoms with Crippen molar-refractivity contribution in [1.29, 1.82) is 0 Å². The van der Waals surface area contributed by atoms with Gasteiger partial charge in [-0.25, -0.2) is 0 Å². The molecule has 0 atom stereocenters. The molecule has 112 valence electrons. The van der Waals surface area contributed by atoms with Crippen molar-refractivity contribution in [3.05, 3.63) is 63.4 Å². The average Bonchev–Trinajstić information content (AvgIpc) is 2.72. The minimum atomic E-state index is 0.571. The van der Waals surface area contributed by atoms with E-state index in [1.165, 1.54) is 11.1 Å². The Morgan fingerprint density at radius 1 is 1.14 bits per heavy atom. The number of nitrogens with one attached hydrogen (secondary N) is 1. The van der Waals surface area contributed by atoms with Crippen LogP contribution in [0.1, 0.15) is 29.7 Å². The molecule has 1 N–H and O–H groups in total. The number of rotatable bonds is 0. The second-order valence-electron chi connectivity index (χ2n) is 5.67. The highest BCUT2D eigenvalue weighted by molar-refractivity contribution is 9.10. The Morgan fingerprint density at radius 2 is 2.00 bits per heavy atom. The lowest BCUT2D eigenvalue weighted by molar-refractivity contribution is 0.306. The van der Waals surface area contributed by atoms with E-state index in [1.54, 1.807) is 0 Å². The average molecular weight is 357 g/mol. The van der Waals surface area contributed by atoms with E-state index in [4.69, 9.17) is 4.74 Å². The zero-order valence-electron chi connectivity index (χ0n) is 12.2. The van der Waals surface area contributed by atoms with Gasteiger partial charge >= 0.3 is 0 Å². The molecule has 2 aliphatic heterocycles. The number of aromatic nitrogens is 1. The second kappa shape index (κ2) is 5.86. The molecule has 0 unspecified atom stereocenters. The first-order valence-corrected chi connectivity index (χ1v) is 8.42. The predicted molar refractivity (Wildman–Crippen MR) is 90.8 cm³/mol. The lowest BCUT2D eigenvalue weighted by Gasteiger charge is -2.21. The van der Waals surface area contributed by atoms with Gasteiger partial charge in [-0.3, -0.25) is 4.98 Å². The fourth-order valence-corrected chi connectivity index (χ4v) is 3.56. The van der Waals surface area contributed by atoms with Crippen molar-refractivity contribution in [2.24, 2.45) is 0 Å². The Labute approximate surface area is 138 Å². The molecule has 2 aliphatic rings. The lowest BCUT2D eigenvalue weighted by Crippen LogP contribution is -2.24. The molecule has 22 heavy (non-hydrogen) atoms. The van der Waals surface area contributed by atoms with Gasteiger partial charge in [-0.15, -0.1) is 0 Å². The third-order valence-corrected chi connectivity index (χ3v) is 4.78. The number of piperidine rings is 1. The van der Waals surface area contributed by atoms with Crippen LogP contribution in [0.2, 0.25) is 0 Å². The Balaban J connectivity index is 1.98. The Hall–Kier alpha value is -1.65. The first-order valence-electron chi connectivity index (χ1n) is 7.62. The highest BCUT2D eigenvalue weighted by Crippen LogP contribution is 2.40. The number of hydrogen-bond acceptors (Lipinski definition) is 3. The van der Waals surface area contributed by atoms with E-state index >= 15 is 0 Å². The summed E-state index contributed by atoms with van der Waals surface area (Å²) < 4.78 is 7.10.